The first-order valence-corrected chi connectivity index (χ1v) is 24.7. The minimum Gasteiger partial charge on any atom is -0.462 e. The van der Waals surface area contributed by atoms with Crippen LogP contribution >= 0.6 is 7.82 Å². The summed E-state index contributed by atoms with van der Waals surface area (Å²) in [6.07, 6.45) is 43.8. The van der Waals surface area contributed by atoms with Crippen molar-refractivity contribution in [3.8, 4) is 0 Å². The van der Waals surface area contributed by atoms with Gasteiger partial charge in [0.2, 0.25) is 0 Å². The number of ether oxygens (including phenoxy) is 2. The molecule has 0 radical (unpaired) electrons. The molecule has 0 bridgehead atoms. The summed E-state index contributed by atoms with van der Waals surface area (Å²) in [4.78, 5) is 34.9. The van der Waals surface area contributed by atoms with Crippen molar-refractivity contribution in [3.63, 3.8) is 0 Å². The van der Waals surface area contributed by atoms with Gasteiger partial charge in [0.1, 0.15) is 6.61 Å². The molecule has 0 aromatic carbocycles. The third-order valence-corrected chi connectivity index (χ3v) is 11.1. The van der Waals surface area contributed by atoms with Crippen LogP contribution in [0.15, 0.2) is 12.2 Å². The smallest absolute Gasteiger partial charge is 0.462 e. The Morgan fingerprint density at radius 1 is 0.527 bits per heavy atom. The van der Waals surface area contributed by atoms with Gasteiger partial charge >= 0.3 is 19.8 Å². The van der Waals surface area contributed by atoms with Gasteiger partial charge in [-0.25, -0.2) is 4.57 Å². The molecule has 0 rings (SSSR count). The number of nitrogens with two attached hydrogens (primary N) is 1. The van der Waals surface area contributed by atoms with Crippen LogP contribution in [0, 0.1) is 0 Å². The van der Waals surface area contributed by atoms with Crippen molar-refractivity contribution in [1.82, 2.24) is 0 Å². The fourth-order valence-electron chi connectivity index (χ4n) is 6.68. The number of hydrogen-bond acceptors (Lipinski definition) is 8. The second-order valence-corrected chi connectivity index (χ2v) is 17.1. The van der Waals surface area contributed by atoms with Gasteiger partial charge in [-0.15, -0.1) is 0 Å². The fourth-order valence-corrected chi connectivity index (χ4v) is 7.44. The first-order chi connectivity index (χ1) is 26.8. The molecule has 9 nitrogen and oxygen atoms in total. The largest absolute Gasteiger partial charge is 0.472 e. The second kappa shape index (κ2) is 42.4. The number of hydrogen-bond donors (Lipinski definition) is 2. The zero-order chi connectivity index (χ0) is 40.3. The van der Waals surface area contributed by atoms with Gasteiger partial charge in [-0.3, -0.25) is 18.6 Å². The Balaban J connectivity index is 4.06. The van der Waals surface area contributed by atoms with Crippen LogP contribution < -0.4 is 5.73 Å². The van der Waals surface area contributed by atoms with E-state index in [4.69, 9.17) is 24.3 Å². The van der Waals surface area contributed by atoms with Gasteiger partial charge in [0.25, 0.3) is 0 Å². The van der Waals surface area contributed by atoms with Crippen LogP contribution in [-0.2, 0) is 32.7 Å². The van der Waals surface area contributed by atoms with E-state index < -0.39 is 26.5 Å². The third kappa shape index (κ3) is 42.2. The Morgan fingerprint density at radius 2 is 0.909 bits per heavy atom. The Bertz CT molecular complexity index is 917. The zero-order valence-corrected chi connectivity index (χ0v) is 36.8. The number of carbonyl (C=O) groups excluding carboxylic acids is 2. The molecule has 0 amide bonds. The molecule has 0 fully saturated rings. The lowest BCUT2D eigenvalue weighted by Crippen LogP contribution is -2.29. The molecule has 0 aromatic heterocycles. The van der Waals surface area contributed by atoms with E-state index in [0.717, 1.165) is 32.1 Å². The molecule has 0 aliphatic rings. The average Bonchev–Trinajstić information content (AvgIpc) is 3.17. The van der Waals surface area contributed by atoms with Crippen LogP contribution in [0.2, 0.25) is 0 Å². The highest BCUT2D eigenvalue weighted by atomic mass is 31.2. The van der Waals surface area contributed by atoms with Crippen LogP contribution in [0.25, 0.3) is 0 Å². The number of phosphoric ester groups is 1. The summed E-state index contributed by atoms with van der Waals surface area (Å²) < 4.78 is 32.8. The number of rotatable bonds is 44. The zero-order valence-electron chi connectivity index (χ0n) is 35.9. The molecule has 0 aliphatic carbocycles. The average molecular weight is 802 g/mol. The molecule has 0 heterocycles. The maximum absolute atomic E-state index is 12.6. The lowest BCUT2D eigenvalue weighted by Gasteiger charge is -2.19. The fraction of sp³-hybridized carbons (Fsp3) is 0.911. The minimum atomic E-state index is -4.37. The highest BCUT2D eigenvalue weighted by Gasteiger charge is 2.26. The van der Waals surface area contributed by atoms with Gasteiger partial charge in [-0.1, -0.05) is 199 Å². The summed E-state index contributed by atoms with van der Waals surface area (Å²) in [6.45, 7) is 3.74. The van der Waals surface area contributed by atoms with Crippen molar-refractivity contribution in [1.29, 1.82) is 0 Å². The van der Waals surface area contributed by atoms with E-state index in [1.54, 1.807) is 0 Å². The highest BCUT2D eigenvalue weighted by molar-refractivity contribution is 7.47. The number of phosphoric acid groups is 1. The van der Waals surface area contributed by atoms with Gasteiger partial charge in [-0.05, 0) is 32.1 Å². The maximum Gasteiger partial charge on any atom is 0.472 e. The first-order valence-electron chi connectivity index (χ1n) is 23.2. The predicted octanol–water partition coefficient (Wildman–Crippen LogP) is 13.4. The van der Waals surface area contributed by atoms with Crippen LogP contribution in [0.1, 0.15) is 232 Å². The number of unbranched alkanes of at least 4 members (excludes halogenated alkanes) is 29. The van der Waals surface area contributed by atoms with Crippen LogP contribution in [0.5, 0.6) is 0 Å². The summed E-state index contributed by atoms with van der Waals surface area (Å²) in [5, 5.41) is 0. The van der Waals surface area contributed by atoms with Crippen molar-refractivity contribution in [2.24, 2.45) is 5.73 Å². The minimum absolute atomic E-state index is 0.0562. The lowest BCUT2D eigenvalue weighted by atomic mass is 10.0. The van der Waals surface area contributed by atoms with Crippen LogP contribution in [-0.4, -0.2) is 49.3 Å². The predicted molar refractivity (Wildman–Crippen MR) is 229 cm³/mol. The molecule has 1 unspecified atom stereocenters. The Labute approximate surface area is 339 Å². The van der Waals surface area contributed by atoms with Crippen molar-refractivity contribution in [2.45, 2.75) is 238 Å². The van der Waals surface area contributed by atoms with E-state index >= 15 is 0 Å². The van der Waals surface area contributed by atoms with E-state index in [1.807, 2.05) is 0 Å². The van der Waals surface area contributed by atoms with Crippen LogP contribution in [0.4, 0.5) is 0 Å². The highest BCUT2D eigenvalue weighted by Crippen LogP contribution is 2.43. The van der Waals surface area contributed by atoms with Gasteiger partial charge in [-0.2, -0.15) is 0 Å². The maximum atomic E-state index is 12.6. The van der Waals surface area contributed by atoms with Crippen molar-refractivity contribution >= 4 is 19.8 Å². The summed E-state index contributed by atoms with van der Waals surface area (Å²) >= 11 is 0. The summed E-state index contributed by atoms with van der Waals surface area (Å²) in [5.41, 5.74) is 5.35. The van der Waals surface area contributed by atoms with E-state index in [9.17, 15) is 19.0 Å². The molecule has 0 saturated heterocycles. The molecule has 0 aliphatic heterocycles. The summed E-state index contributed by atoms with van der Waals surface area (Å²) in [5.74, 6) is -0.818. The Hall–Kier alpha value is -1.25. The van der Waals surface area contributed by atoms with Crippen LogP contribution in [0.3, 0.4) is 0 Å². The standard InChI is InChI=1S/C45H88NO8P/c1-3-5-7-9-11-13-15-17-19-20-21-22-24-26-28-30-32-34-36-38-45(48)54-43(42-53-55(49,50)52-40-39-46)41-51-44(47)37-35-33-31-29-27-25-23-18-16-14-12-10-8-6-4-2/h10,12,43H,3-9,11,13-42,46H2,1-2H3,(H,49,50)/b12-10+/t43-/m1/s1. The number of allylic oxidation sites excluding steroid dienone is 2. The van der Waals surface area contributed by atoms with Gasteiger partial charge in [0.05, 0.1) is 13.2 Å². The van der Waals surface area contributed by atoms with Gasteiger partial charge in [0, 0.05) is 19.4 Å². The SMILES string of the molecule is CCCC/C=C/CCCCCCCCCCCC(=O)OC[C@H](COP(=O)(O)OCCN)OC(=O)CCCCCCCCCCCCCCCCCCCCC. The molecular weight excluding hydrogens is 713 g/mol. The van der Waals surface area contributed by atoms with Gasteiger partial charge in [0.15, 0.2) is 6.10 Å². The molecule has 55 heavy (non-hydrogen) atoms. The monoisotopic (exact) mass is 802 g/mol. The summed E-state index contributed by atoms with van der Waals surface area (Å²) in [6, 6.07) is 0. The van der Waals surface area contributed by atoms with E-state index in [2.05, 4.69) is 26.0 Å². The molecule has 10 heteroatoms. The Kier molecular flexibility index (Phi) is 41.4. The lowest BCUT2D eigenvalue weighted by molar-refractivity contribution is -0.161. The van der Waals surface area contributed by atoms with Gasteiger partial charge < -0.3 is 20.1 Å². The third-order valence-electron chi connectivity index (χ3n) is 10.2. The molecule has 0 saturated carbocycles. The quantitative estimate of drug-likeness (QED) is 0.0267. The normalized spacial score (nSPS) is 13.3. The number of esters is 2. The van der Waals surface area contributed by atoms with Crippen molar-refractivity contribution in [3.05, 3.63) is 12.2 Å². The van der Waals surface area contributed by atoms with Crippen molar-refractivity contribution in [2.75, 3.05) is 26.4 Å². The molecule has 2 atom stereocenters. The van der Waals surface area contributed by atoms with E-state index in [0.29, 0.717) is 6.42 Å². The topological polar surface area (TPSA) is 134 Å². The molecule has 0 aromatic rings. The Morgan fingerprint density at radius 3 is 1.35 bits per heavy atom. The van der Waals surface area contributed by atoms with E-state index in [-0.39, 0.29) is 38.6 Å². The second-order valence-electron chi connectivity index (χ2n) is 15.6. The number of carbonyl (C=O) groups is 2. The molecular formula is C45H88NO8P. The first kappa shape index (κ1) is 53.8. The molecule has 326 valence electrons. The van der Waals surface area contributed by atoms with E-state index in [1.165, 1.54) is 167 Å². The molecule has 3 N–H and O–H groups in total. The summed E-state index contributed by atoms with van der Waals surface area (Å²) in [7, 11) is -4.37. The van der Waals surface area contributed by atoms with Crippen molar-refractivity contribution < 1.29 is 37.6 Å². The molecule has 0 spiro atoms.